The summed E-state index contributed by atoms with van der Waals surface area (Å²) in [5.74, 6) is 0.280. The lowest BCUT2D eigenvalue weighted by Gasteiger charge is -2.01. The van der Waals surface area contributed by atoms with Gasteiger partial charge in [-0.1, -0.05) is 0 Å². The van der Waals surface area contributed by atoms with Crippen LogP contribution in [-0.4, -0.2) is 18.4 Å². The molecule has 1 fully saturated rings. The Bertz CT molecular complexity index is 99.2. The summed E-state index contributed by atoms with van der Waals surface area (Å²) in [5, 5.41) is 3.11. The molecule has 1 aliphatic rings. The summed E-state index contributed by atoms with van der Waals surface area (Å²) in [6.45, 7) is 2.66. The maximum Gasteiger partial charge on any atom is 0.146 e. The summed E-state index contributed by atoms with van der Waals surface area (Å²) in [4.78, 5) is 10.6. The van der Waals surface area contributed by atoms with E-state index in [1.54, 1.807) is 6.92 Å². The van der Waals surface area contributed by atoms with Crippen LogP contribution in [0.15, 0.2) is 0 Å². The van der Waals surface area contributed by atoms with Crippen LogP contribution in [0, 0.1) is 0 Å². The molecule has 0 aliphatic carbocycles. The standard InChI is InChI=1S/C6H11NO.H2/c1-5(8)6-3-2-4-7-6;/h6-7H,2-4H2,1H3;1H. The van der Waals surface area contributed by atoms with Crippen molar-refractivity contribution in [2.24, 2.45) is 0 Å². The molecule has 1 unspecified atom stereocenters. The molecule has 8 heavy (non-hydrogen) atoms. The average molecular weight is 115 g/mol. The molecule has 1 saturated heterocycles. The second kappa shape index (κ2) is 2.27. The Morgan fingerprint density at radius 1 is 1.88 bits per heavy atom. The third-order valence-corrected chi connectivity index (χ3v) is 1.55. The van der Waals surface area contributed by atoms with Crippen LogP contribution < -0.4 is 5.32 Å². The van der Waals surface area contributed by atoms with Crippen molar-refractivity contribution < 1.29 is 6.22 Å². The highest BCUT2D eigenvalue weighted by Gasteiger charge is 2.17. The van der Waals surface area contributed by atoms with Crippen molar-refractivity contribution in [2.75, 3.05) is 6.54 Å². The van der Waals surface area contributed by atoms with Crippen molar-refractivity contribution in [3.63, 3.8) is 0 Å². The van der Waals surface area contributed by atoms with Gasteiger partial charge in [0.1, 0.15) is 5.78 Å². The van der Waals surface area contributed by atoms with E-state index in [1.165, 1.54) is 0 Å². The molecular weight excluding hydrogens is 102 g/mol. The first-order valence-corrected chi connectivity index (χ1v) is 3.04. The van der Waals surface area contributed by atoms with Crippen LogP contribution in [0.4, 0.5) is 0 Å². The van der Waals surface area contributed by atoms with E-state index in [0.717, 1.165) is 19.4 Å². The Hall–Kier alpha value is -0.370. The third-order valence-electron chi connectivity index (χ3n) is 1.55. The number of nitrogens with one attached hydrogen (secondary N) is 1. The first-order valence-electron chi connectivity index (χ1n) is 3.04. The molecule has 48 valence electrons. The van der Waals surface area contributed by atoms with E-state index in [9.17, 15) is 4.79 Å². The maximum atomic E-state index is 10.6. The van der Waals surface area contributed by atoms with Gasteiger partial charge >= 0.3 is 0 Å². The summed E-state index contributed by atoms with van der Waals surface area (Å²) < 4.78 is 0. The molecule has 2 nitrogen and oxygen atoms in total. The van der Waals surface area contributed by atoms with E-state index < -0.39 is 0 Å². The minimum absolute atomic E-state index is 0. The molecule has 0 radical (unpaired) electrons. The third kappa shape index (κ3) is 1.07. The molecule has 0 saturated carbocycles. The Balaban J connectivity index is 0.000000640. The molecule has 1 atom stereocenters. The lowest BCUT2D eigenvalue weighted by Crippen LogP contribution is -2.28. The van der Waals surface area contributed by atoms with Crippen LogP contribution in [0.1, 0.15) is 21.2 Å². The highest BCUT2D eigenvalue weighted by atomic mass is 16.1. The van der Waals surface area contributed by atoms with Crippen LogP contribution in [0.2, 0.25) is 0 Å². The SMILES string of the molecule is CC(=O)C1CCCN1.[HH]. The van der Waals surface area contributed by atoms with E-state index in [1.807, 2.05) is 0 Å². The van der Waals surface area contributed by atoms with Crippen LogP contribution in [0.5, 0.6) is 0 Å². The Morgan fingerprint density at radius 3 is 2.88 bits per heavy atom. The smallest absolute Gasteiger partial charge is 0.146 e. The fourth-order valence-corrected chi connectivity index (χ4v) is 1.03. The van der Waals surface area contributed by atoms with Crippen molar-refractivity contribution in [1.82, 2.24) is 5.32 Å². The largest absolute Gasteiger partial charge is 0.307 e. The van der Waals surface area contributed by atoms with Gasteiger partial charge in [-0.05, 0) is 26.3 Å². The van der Waals surface area contributed by atoms with Gasteiger partial charge in [-0.15, -0.1) is 0 Å². The zero-order chi connectivity index (χ0) is 5.98. The molecule has 2 heteroatoms. The topological polar surface area (TPSA) is 29.1 Å². The zero-order valence-electron chi connectivity index (χ0n) is 5.11. The van der Waals surface area contributed by atoms with Crippen LogP contribution in [-0.2, 0) is 4.79 Å². The lowest BCUT2D eigenvalue weighted by atomic mass is 10.2. The van der Waals surface area contributed by atoms with Crippen molar-refractivity contribution in [1.29, 1.82) is 0 Å². The molecule has 0 aromatic rings. The van der Waals surface area contributed by atoms with Crippen molar-refractivity contribution in [3.05, 3.63) is 0 Å². The van der Waals surface area contributed by atoms with Gasteiger partial charge in [0, 0.05) is 1.43 Å². The van der Waals surface area contributed by atoms with Gasteiger partial charge in [-0.25, -0.2) is 0 Å². The number of hydrogen-bond donors (Lipinski definition) is 1. The monoisotopic (exact) mass is 115 g/mol. The van der Waals surface area contributed by atoms with Gasteiger partial charge < -0.3 is 5.32 Å². The molecule has 0 aromatic heterocycles. The molecular formula is C6H13NO. The van der Waals surface area contributed by atoms with Crippen molar-refractivity contribution in [3.8, 4) is 0 Å². The molecule has 1 heterocycles. The fraction of sp³-hybridized carbons (Fsp3) is 0.833. The molecule has 0 amide bonds. The summed E-state index contributed by atoms with van der Waals surface area (Å²) >= 11 is 0. The summed E-state index contributed by atoms with van der Waals surface area (Å²) in [7, 11) is 0. The minimum atomic E-state index is 0. The van der Waals surface area contributed by atoms with Crippen LogP contribution >= 0.6 is 0 Å². The van der Waals surface area contributed by atoms with E-state index >= 15 is 0 Å². The molecule has 1 aliphatic heterocycles. The predicted molar refractivity (Wildman–Crippen MR) is 33.8 cm³/mol. The zero-order valence-corrected chi connectivity index (χ0v) is 5.11. The van der Waals surface area contributed by atoms with Gasteiger partial charge in [-0.3, -0.25) is 4.79 Å². The van der Waals surface area contributed by atoms with Crippen LogP contribution in [0.3, 0.4) is 0 Å². The molecule has 0 aromatic carbocycles. The molecule has 1 N–H and O–H groups in total. The first-order chi connectivity index (χ1) is 3.80. The second-order valence-corrected chi connectivity index (χ2v) is 2.26. The van der Waals surface area contributed by atoms with Gasteiger partial charge in [0.2, 0.25) is 0 Å². The molecule has 0 bridgehead atoms. The first kappa shape index (κ1) is 5.76. The van der Waals surface area contributed by atoms with Crippen LogP contribution in [0.25, 0.3) is 0 Å². The summed E-state index contributed by atoms with van der Waals surface area (Å²) in [5.41, 5.74) is 0. The minimum Gasteiger partial charge on any atom is -0.307 e. The highest BCUT2D eigenvalue weighted by Crippen LogP contribution is 2.04. The van der Waals surface area contributed by atoms with Crippen molar-refractivity contribution in [2.45, 2.75) is 25.8 Å². The number of carbonyl (C=O) groups excluding carboxylic acids is 1. The van der Waals surface area contributed by atoms with Gasteiger partial charge in [0.25, 0.3) is 0 Å². The maximum absolute atomic E-state index is 10.6. The highest BCUT2D eigenvalue weighted by molar-refractivity contribution is 5.81. The quantitative estimate of drug-likeness (QED) is 0.541. The second-order valence-electron chi connectivity index (χ2n) is 2.26. The van der Waals surface area contributed by atoms with Gasteiger partial charge in [0.05, 0.1) is 6.04 Å². The van der Waals surface area contributed by atoms with Gasteiger partial charge in [0.15, 0.2) is 0 Å². The summed E-state index contributed by atoms with van der Waals surface area (Å²) in [6.07, 6.45) is 2.19. The summed E-state index contributed by atoms with van der Waals surface area (Å²) in [6, 6.07) is 0.176. The van der Waals surface area contributed by atoms with E-state index in [-0.39, 0.29) is 13.3 Å². The Kier molecular flexibility index (Phi) is 1.63. The number of Topliss-reactive ketones (excluding diaryl/α,β-unsaturated/α-hetero) is 1. The predicted octanol–water partition coefficient (Wildman–Crippen LogP) is 0.573. The number of rotatable bonds is 1. The molecule has 1 rings (SSSR count). The van der Waals surface area contributed by atoms with E-state index in [0.29, 0.717) is 0 Å². The van der Waals surface area contributed by atoms with E-state index in [4.69, 9.17) is 0 Å². The Morgan fingerprint density at radius 2 is 2.62 bits per heavy atom. The average Bonchev–Trinajstić information content (AvgIpc) is 2.12. The normalized spacial score (nSPS) is 28.4. The molecule has 0 spiro atoms. The Labute approximate surface area is 50.8 Å². The lowest BCUT2D eigenvalue weighted by molar-refractivity contribution is -0.118. The number of hydrogen-bond acceptors (Lipinski definition) is 2. The number of carbonyl (C=O) groups is 1. The van der Waals surface area contributed by atoms with E-state index in [2.05, 4.69) is 5.32 Å². The number of ketones is 1. The fourth-order valence-electron chi connectivity index (χ4n) is 1.03. The van der Waals surface area contributed by atoms with Gasteiger partial charge in [-0.2, -0.15) is 0 Å². The van der Waals surface area contributed by atoms with Crippen molar-refractivity contribution >= 4 is 5.78 Å².